The molecule has 2 saturated heterocycles. The Balaban J connectivity index is 1.59. The Morgan fingerprint density at radius 3 is 2.57 bits per heavy atom. The van der Waals surface area contributed by atoms with E-state index in [1.54, 1.807) is 0 Å². The lowest BCUT2D eigenvalue weighted by atomic mass is 10.0. The highest BCUT2D eigenvalue weighted by Gasteiger charge is 2.28. The average molecular weight is 388 g/mol. The SMILES string of the molecule is CCCN1CCCCC1C(=O)NCc1ccccc1CN1CC(C)OC(C)C1. The molecule has 0 aromatic heterocycles. The van der Waals surface area contributed by atoms with Crippen LogP contribution < -0.4 is 5.32 Å². The number of benzene rings is 1. The molecule has 3 unspecified atom stereocenters. The lowest BCUT2D eigenvalue weighted by Gasteiger charge is -2.36. The third-order valence-electron chi connectivity index (χ3n) is 5.89. The number of hydrogen-bond donors (Lipinski definition) is 1. The molecule has 1 aromatic rings. The number of nitrogens with zero attached hydrogens (tertiary/aromatic N) is 2. The molecule has 0 aliphatic carbocycles. The molecule has 3 atom stereocenters. The molecule has 0 bridgehead atoms. The third-order valence-corrected chi connectivity index (χ3v) is 5.89. The molecule has 156 valence electrons. The summed E-state index contributed by atoms with van der Waals surface area (Å²) in [5.74, 6) is 0.191. The van der Waals surface area contributed by atoms with Gasteiger partial charge >= 0.3 is 0 Å². The van der Waals surface area contributed by atoms with Crippen molar-refractivity contribution in [3.05, 3.63) is 35.4 Å². The standard InChI is InChI=1S/C23H37N3O2/c1-4-12-26-13-8-7-11-22(26)23(27)24-14-20-9-5-6-10-21(20)17-25-15-18(2)28-19(3)16-25/h5-6,9-10,18-19,22H,4,7-8,11-17H2,1-3H3,(H,24,27). The van der Waals surface area contributed by atoms with Crippen LogP contribution in [0, 0.1) is 0 Å². The molecular weight excluding hydrogens is 350 g/mol. The van der Waals surface area contributed by atoms with E-state index in [4.69, 9.17) is 4.74 Å². The van der Waals surface area contributed by atoms with E-state index in [0.717, 1.165) is 52.0 Å². The van der Waals surface area contributed by atoms with Crippen LogP contribution in [-0.2, 0) is 22.6 Å². The molecule has 0 spiro atoms. The van der Waals surface area contributed by atoms with Crippen LogP contribution in [0.2, 0.25) is 0 Å². The van der Waals surface area contributed by atoms with Crippen molar-refractivity contribution < 1.29 is 9.53 Å². The molecular formula is C23H37N3O2. The normalized spacial score (nSPS) is 26.9. The molecule has 1 amide bonds. The fraction of sp³-hybridized carbons (Fsp3) is 0.696. The molecule has 2 fully saturated rings. The fourth-order valence-corrected chi connectivity index (χ4v) is 4.68. The summed E-state index contributed by atoms with van der Waals surface area (Å²) in [6.07, 6.45) is 4.99. The maximum Gasteiger partial charge on any atom is 0.237 e. The van der Waals surface area contributed by atoms with Gasteiger partial charge in [0.25, 0.3) is 0 Å². The summed E-state index contributed by atoms with van der Waals surface area (Å²) >= 11 is 0. The first-order chi connectivity index (χ1) is 13.6. The first-order valence-corrected chi connectivity index (χ1v) is 11.0. The summed E-state index contributed by atoms with van der Waals surface area (Å²) in [5, 5.41) is 3.23. The quantitative estimate of drug-likeness (QED) is 0.781. The number of carbonyl (C=O) groups is 1. The summed E-state index contributed by atoms with van der Waals surface area (Å²) in [4.78, 5) is 17.7. The van der Waals surface area contributed by atoms with Gasteiger partial charge in [0.2, 0.25) is 5.91 Å². The van der Waals surface area contributed by atoms with Gasteiger partial charge < -0.3 is 10.1 Å². The molecule has 5 nitrogen and oxygen atoms in total. The number of ether oxygens (including phenoxy) is 1. The zero-order chi connectivity index (χ0) is 19.9. The monoisotopic (exact) mass is 387 g/mol. The number of likely N-dealkylation sites (tertiary alicyclic amines) is 1. The van der Waals surface area contributed by atoms with Crippen molar-refractivity contribution in [2.45, 2.75) is 77.8 Å². The average Bonchev–Trinajstić information content (AvgIpc) is 2.67. The van der Waals surface area contributed by atoms with Gasteiger partial charge in [-0.2, -0.15) is 0 Å². The van der Waals surface area contributed by atoms with Gasteiger partial charge in [0.1, 0.15) is 0 Å². The van der Waals surface area contributed by atoms with E-state index < -0.39 is 0 Å². The summed E-state index contributed by atoms with van der Waals surface area (Å²) in [5.41, 5.74) is 2.53. The van der Waals surface area contributed by atoms with Crippen LogP contribution >= 0.6 is 0 Å². The minimum Gasteiger partial charge on any atom is -0.373 e. The van der Waals surface area contributed by atoms with Crippen LogP contribution in [0.1, 0.15) is 57.6 Å². The molecule has 1 aromatic carbocycles. The van der Waals surface area contributed by atoms with Gasteiger partial charge in [-0.05, 0) is 57.3 Å². The van der Waals surface area contributed by atoms with E-state index >= 15 is 0 Å². The van der Waals surface area contributed by atoms with Crippen LogP contribution in [0.25, 0.3) is 0 Å². The van der Waals surface area contributed by atoms with Crippen LogP contribution in [0.4, 0.5) is 0 Å². The predicted octanol–water partition coefficient (Wildman–Crippen LogP) is 3.18. The van der Waals surface area contributed by atoms with E-state index in [1.807, 2.05) is 0 Å². The van der Waals surface area contributed by atoms with Gasteiger partial charge in [0.15, 0.2) is 0 Å². The molecule has 2 aliphatic heterocycles. The minimum atomic E-state index is 0.0433. The third kappa shape index (κ3) is 5.79. The number of amides is 1. The number of piperidine rings is 1. The van der Waals surface area contributed by atoms with Gasteiger partial charge in [-0.25, -0.2) is 0 Å². The molecule has 0 saturated carbocycles. The van der Waals surface area contributed by atoms with Gasteiger partial charge in [0.05, 0.1) is 18.2 Å². The van der Waals surface area contributed by atoms with Crippen LogP contribution in [0.3, 0.4) is 0 Å². The molecule has 2 heterocycles. The van der Waals surface area contributed by atoms with Gasteiger partial charge in [-0.3, -0.25) is 14.6 Å². The molecule has 3 rings (SSSR count). The summed E-state index contributed by atoms with van der Waals surface area (Å²) in [6, 6.07) is 8.54. The Labute approximate surface area is 170 Å². The second-order valence-corrected chi connectivity index (χ2v) is 8.49. The highest BCUT2D eigenvalue weighted by Crippen LogP contribution is 2.19. The van der Waals surface area contributed by atoms with Crippen LogP contribution in [0.15, 0.2) is 24.3 Å². The van der Waals surface area contributed by atoms with Crippen molar-refractivity contribution in [1.29, 1.82) is 0 Å². The zero-order valence-corrected chi connectivity index (χ0v) is 17.8. The topological polar surface area (TPSA) is 44.8 Å². The smallest absolute Gasteiger partial charge is 0.237 e. The lowest BCUT2D eigenvalue weighted by Crippen LogP contribution is -2.49. The summed E-state index contributed by atoms with van der Waals surface area (Å²) in [6.45, 7) is 12.0. The molecule has 0 radical (unpaired) electrons. The van der Waals surface area contributed by atoms with Gasteiger partial charge in [-0.1, -0.05) is 37.6 Å². The van der Waals surface area contributed by atoms with Crippen molar-refractivity contribution in [2.24, 2.45) is 0 Å². The van der Waals surface area contributed by atoms with Crippen molar-refractivity contribution in [2.75, 3.05) is 26.2 Å². The Morgan fingerprint density at radius 2 is 1.86 bits per heavy atom. The van der Waals surface area contributed by atoms with E-state index in [2.05, 4.69) is 60.2 Å². The Kier molecular flexibility index (Phi) is 7.89. The van der Waals surface area contributed by atoms with Crippen molar-refractivity contribution >= 4 is 5.91 Å². The second kappa shape index (κ2) is 10.4. The Bertz CT molecular complexity index is 624. The predicted molar refractivity (Wildman–Crippen MR) is 113 cm³/mol. The lowest BCUT2D eigenvalue weighted by molar-refractivity contribution is -0.127. The second-order valence-electron chi connectivity index (χ2n) is 8.49. The molecule has 1 N–H and O–H groups in total. The van der Waals surface area contributed by atoms with E-state index in [0.29, 0.717) is 6.54 Å². The Morgan fingerprint density at radius 1 is 1.14 bits per heavy atom. The number of hydrogen-bond acceptors (Lipinski definition) is 4. The van der Waals surface area contributed by atoms with Crippen LogP contribution in [0.5, 0.6) is 0 Å². The summed E-state index contributed by atoms with van der Waals surface area (Å²) in [7, 11) is 0. The van der Waals surface area contributed by atoms with E-state index in [1.165, 1.54) is 17.5 Å². The largest absolute Gasteiger partial charge is 0.373 e. The van der Waals surface area contributed by atoms with Crippen molar-refractivity contribution in [3.63, 3.8) is 0 Å². The molecule has 28 heavy (non-hydrogen) atoms. The number of morpholine rings is 1. The fourth-order valence-electron chi connectivity index (χ4n) is 4.68. The number of carbonyl (C=O) groups excluding carboxylic acids is 1. The zero-order valence-electron chi connectivity index (χ0n) is 17.8. The molecule has 2 aliphatic rings. The highest BCUT2D eigenvalue weighted by molar-refractivity contribution is 5.81. The van der Waals surface area contributed by atoms with Crippen molar-refractivity contribution in [1.82, 2.24) is 15.1 Å². The van der Waals surface area contributed by atoms with Gasteiger partial charge in [-0.15, -0.1) is 0 Å². The first kappa shape index (κ1) is 21.3. The first-order valence-electron chi connectivity index (χ1n) is 11.0. The van der Waals surface area contributed by atoms with E-state index in [9.17, 15) is 4.79 Å². The maximum absolute atomic E-state index is 12.9. The van der Waals surface area contributed by atoms with Crippen molar-refractivity contribution in [3.8, 4) is 0 Å². The van der Waals surface area contributed by atoms with Gasteiger partial charge in [0, 0.05) is 26.2 Å². The highest BCUT2D eigenvalue weighted by atomic mass is 16.5. The number of nitrogens with one attached hydrogen (secondary N) is 1. The summed E-state index contributed by atoms with van der Waals surface area (Å²) < 4.78 is 5.86. The molecule has 5 heteroatoms. The maximum atomic E-state index is 12.9. The van der Waals surface area contributed by atoms with E-state index in [-0.39, 0.29) is 24.2 Å². The Hall–Kier alpha value is -1.43. The van der Waals surface area contributed by atoms with Crippen LogP contribution in [-0.4, -0.2) is 60.1 Å². The number of rotatable bonds is 7. The minimum absolute atomic E-state index is 0.0433.